The number of carbonyl (C=O) groups excluding carboxylic acids is 1. The van der Waals surface area contributed by atoms with Crippen LogP contribution in [0.5, 0.6) is 11.5 Å². The second-order valence-corrected chi connectivity index (χ2v) is 9.28. The standard InChI is InChI=1S/C25H23F5N4O3/c1-24(2,12-31)15-6-7-34-16(11-32-19(34)10-15)14-8-17(36-3)20(18(9-14)37-23(26)27)22(35)33-21(13-4-5-13)25(28,29)30/h6-11,13,21,23H,4-5H2,1-3H3,(H,33,35). The zero-order chi connectivity index (χ0) is 27.1. The number of rotatable bonds is 8. The van der Waals surface area contributed by atoms with Crippen molar-refractivity contribution in [3.63, 3.8) is 0 Å². The summed E-state index contributed by atoms with van der Waals surface area (Å²) in [4.78, 5) is 17.2. The van der Waals surface area contributed by atoms with Crippen molar-refractivity contribution < 1.29 is 36.2 Å². The van der Waals surface area contributed by atoms with Crippen molar-refractivity contribution in [3.05, 3.63) is 47.8 Å². The Bertz CT molecular complexity index is 1370. The lowest BCUT2D eigenvalue weighted by molar-refractivity contribution is -0.158. The summed E-state index contributed by atoms with van der Waals surface area (Å²) >= 11 is 0. The third kappa shape index (κ3) is 5.30. The van der Waals surface area contributed by atoms with Gasteiger partial charge in [-0.2, -0.15) is 27.2 Å². The quantitative estimate of drug-likeness (QED) is 0.396. The van der Waals surface area contributed by atoms with E-state index in [1.165, 1.54) is 12.3 Å². The zero-order valence-electron chi connectivity index (χ0n) is 20.1. The number of fused-ring (bicyclic) bond motifs is 1. The molecule has 0 spiro atoms. The zero-order valence-corrected chi connectivity index (χ0v) is 20.1. The number of nitrogens with one attached hydrogen (secondary N) is 1. The highest BCUT2D eigenvalue weighted by molar-refractivity contribution is 6.01. The number of nitriles is 1. The molecule has 4 rings (SSSR count). The van der Waals surface area contributed by atoms with Crippen LogP contribution in [0.1, 0.15) is 42.6 Å². The van der Waals surface area contributed by atoms with Gasteiger partial charge in [-0.25, -0.2) is 4.98 Å². The van der Waals surface area contributed by atoms with E-state index in [1.54, 1.807) is 36.6 Å². The van der Waals surface area contributed by atoms with E-state index in [2.05, 4.69) is 15.8 Å². The third-order valence-corrected chi connectivity index (χ3v) is 6.27. The van der Waals surface area contributed by atoms with E-state index in [1.807, 2.05) is 5.32 Å². The minimum atomic E-state index is -4.71. The molecule has 1 fully saturated rings. The number of carbonyl (C=O) groups is 1. The number of pyridine rings is 1. The summed E-state index contributed by atoms with van der Waals surface area (Å²) in [5.41, 5.74) is 0.490. The summed E-state index contributed by atoms with van der Waals surface area (Å²) in [5, 5.41) is 11.3. The van der Waals surface area contributed by atoms with Crippen molar-refractivity contribution in [2.45, 2.75) is 50.9 Å². The molecule has 1 amide bonds. The van der Waals surface area contributed by atoms with E-state index < -0.39 is 47.4 Å². The SMILES string of the molecule is COc1cc(-c2cnc3cc(C(C)(C)C#N)ccn23)cc(OC(F)F)c1C(=O)NC(C1CC1)C(F)(F)F. The number of nitrogens with zero attached hydrogens (tertiary/aromatic N) is 3. The molecule has 2 heterocycles. The van der Waals surface area contributed by atoms with Gasteiger partial charge >= 0.3 is 12.8 Å². The van der Waals surface area contributed by atoms with E-state index in [9.17, 15) is 32.0 Å². The minimum absolute atomic E-state index is 0.250. The average Bonchev–Trinajstić information content (AvgIpc) is 3.58. The van der Waals surface area contributed by atoms with Gasteiger partial charge in [0.1, 0.15) is 28.8 Å². The topological polar surface area (TPSA) is 88.7 Å². The van der Waals surface area contributed by atoms with Gasteiger partial charge in [0.25, 0.3) is 5.91 Å². The molecule has 196 valence electrons. The van der Waals surface area contributed by atoms with Gasteiger partial charge in [-0.1, -0.05) is 0 Å². The number of halogens is 5. The number of amides is 1. The van der Waals surface area contributed by atoms with Gasteiger partial charge < -0.3 is 14.8 Å². The molecule has 7 nitrogen and oxygen atoms in total. The summed E-state index contributed by atoms with van der Waals surface area (Å²) < 4.78 is 78.4. The summed E-state index contributed by atoms with van der Waals surface area (Å²) in [6.07, 6.45) is -1.02. The molecule has 1 aliphatic rings. The number of aromatic nitrogens is 2. The maximum Gasteiger partial charge on any atom is 0.408 e. The van der Waals surface area contributed by atoms with Crippen molar-refractivity contribution >= 4 is 11.6 Å². The number of imidazole rings is 1. The maximum absolute atomic E-state index is 13.5. The van der Waals surface area contributed by atoms with E-state index in [4.69, 9.17) is 4.74 Å². The third-order valence-electron chi connectivity index (χ3n) is 6.27. The molecule has 1 atom stereocenters. The molecule has 37 heavy (non-hydrogen) atoms. The molecular formula is C25H23F5N4O3. The fourth-order valence-electron chi connectivity index (χ4n) is 4.07. The molecule has 12 heteroatoms. The van der Waals surface area contributed by atoms with Crippen molar-refractivity contribution in [3.8, 4) is 28.8 Å². The highest BCUT2D eigenvalue weighted by atomic mass is 19.4. The maximum atomic E-state index is 13.5. The van der Waals surface area contributed by atoms with Gasteiger partial charge in [-0.05, 0) is 62.4 Å². The largest absolute Gasteiger partial charge is 0.496 e. The number of hydrogen-bond acceptors (Lipinski definition) is 5. The van der Waals surface area contributed by atoms with E-state index in [0.29, 0.717) is 29.7 Å². The van der Waals surface area contributed by atoms with Crippen LogP contribution in [0, 0.1) is 17.2 Å². The molecule has 1 aliphatic carbocycles. The molecule has 1 aromatic carbocycles. The molecule has 0 bridgehead atoms. The Morgan fingerprint density at radius 3 is 2.46 bits per heavy atom. The molecule has 2 aromatic heterocycles. The Hall–Kier alpha value is -3.88. The molecule has 3 aromatic rings. The van der Waals surface area contributed by atoms with Crippen LogP contribution < -0.4 is 14.8 Å². The lowest BCUT2D eigenvalue weighted by atomic mass is 9.87. The average molecular weight is 522 g/mol. The highest BCUT2D eigenvalue weighted by Gasteiger charge is 2.50. The molecule has 0 radical (unpaired) electrons. The summed E-state index contributed by atoms with van der Waals surface area (Å²) in [5.74, 6) is -2.91. The minimum Gasteiger partial charge on any atom is -0.496 e. The fraction of sp³-hybridized carbons (Fsp3) is 0.400. The Morgan fingerprint density at radius 2 is 1.89 bits per heavy atom. The Kier molecular flexibility index (Phi) is 6.75. The Labute approximate surface area is 208 Å². The second-order valence-electron chi connectivity index (χ2n) is 9.28. The van der Waals surface area contributed by atoms with Crippen LogP contribution in [0.3, 0.4) is 0 Å². The van der Waals surface area contributed by atoms with Crippen LogP contribution in [0.2, 0.25) is 0 Å². The van der Waals surface area contributed by atoms with Gasteiger partial charge in [0, 0.05) is 11.8 Å². The van der Waals surface area contributed by atoms with Crippen molar-refractivity contribution in [1.82, 2.24) is 14.7 Å². The first-order valence-corrected chi connectivity index (χ1v) is 11.3. The fourth-order valence-corrected chi connectivity index (χ4v) is 4.07. The predicted octanol–water partition coefficient (Wildman–Crippen LogP) is 5.48. The van der Waals surface area contributed by atoms with Gasteiger partial charge in [0.2, 0.25) is 0 Å². The van der Waals surface area contributed by atoms with Gasteiger partial charge in [0.15, 0.2) is 0 Å². The lowest BCUT2D eigenvalue weighted by Gasteiger charge is -2.23. The van der Waals surface area contributed by atoms with Gasteiger partial charge in [-0.15, -0.1) is 0 Å². The van der Waals surface area contributed by atoms with E-state index in [-0.39, 0.29) is 11.3 Å². The van der Waals surface area contributed by atoms with Crippen LogP contribution in [-0.2, 0) is 5.41 Å². The molecule has 1 unspecified atom stereocenters. The van der Waals surface area contributed by atoms with Crippen molar-refractivity contribution in [1.29, 1.82) is 5.26 Å². The number of alkyl halides is 5. The molecular weight excluding hydrogens is 499 g/mol. The summed E-state index contributed by atoms with van der Waals surface area (Å²) in [6, 6.07) is 5.97. The number of ether oxygens (including phenoxy) is 2. The lowest BCUT2D eigenvalue weighted by Crippen LogP contribution is -2.47. The summed E-state index contributed by atoms with van der Waals surface area (Å²) in [6.45, 7) is 0.140. The van der Waals surface area contributed by atoms with E-state index in [0.717, 1.165) is 13.2 Å². The second kappa shape index (κ2) is 9.53. The number of methoxy groups -OCH3 is 1. The molecule has 1 saturated carbocycles. The molecule has 1 N–H and O–H groups in total. The molecule has 0 saturated heterocycles. The normalized spacial score (nSPS) is 14.9. The number of benzene rings is 1. The van der Waals surface area contributed by atoms with Crippen molar-refractivity contribution in [2.75, 3.05) is 7.11 Å². The Balaban J connectivity index is 1.79. The van der Waals surface area contributed by atoms with Crippen LogP contribution in [0.4, 0.5) is 22.0 Å². The van der Waals surface area contributed by atoms with Crippen LogP contribution in [0.25, 0.3) is 16.9 Å². The number of hydrogen-bond donors (Lipinski definition) is 1. The van der Waals surface area contributed by atoms with Crippen LogP contribution >= 0.6 is 0 Å². The summed E-state index contributed by atoms with van der Waals surface area (Å²) in [7, 11) is 1.16. The van der Waals surface area contributed by atoms with Crippen molar-refractivity contribution in [2.24, 2.45) is 5.92 Å². The molecule has 0 aliphatic heterocycles. The van der Waals surface area contributed by atoms with Gasteiger partial charge in [0.05, 0.1) is 30.5 Å². The van der Waals surface area contributed by atoms with Gasteiger partial charge in [-0.3, -0.25) is 9.20 Å². The first kappa shape index (κ1) is 26.2. The van der Waals surface area contributed by atoms with E-state index >= 15 is 0 Å². The first-order valence-electron chi connectivity index (χ1n) is 11.3. The predicted molar refractivity (Wildman–Crippen MR) is 122 cm³/mol. The van der Waals surface area contributed by atoms with Crippen LogP contribution in [0.15, 0.2) is 36.7 Å². The van der Waals surface area contributed by atoms with Crippen LogP contribution in [-0.4, -0.2) is 41.2 Å². The Morgan fingerprint density at radius 1 is 1.22 bits per heavy atom. The highest BCUT2D eigenvalue weighted by Crippen LogP contribution is 2.42. The smallest absolute Gasteiger partial charge is 0.408 e. The monoisotopic (exact) mass is 522 g/mol. The first-order chi connectivity index (χ1) is 17.4.